The average Bonchev–Trinajstić information content (AvgIpc) is 2.53. The molecule has 0 amide bonds. The van der Waals surface area contributed by atoms with Gasteiger partial charge in [-0.15, -0.1) is 10.2 Å². The minimum atomic E-state index is 0.522. The van der Waals surface area contributed by atoms with Crippen molar-refractivity contribution in [1.29, 1.82) is 0 Å². The molecule has 2 N–H and O–H groups in total. The van der Waals surface area contributed by atoms with E-state index in [-0.39, 0.29) is 0 Å². The first-order valence-corrected chi connectivity index (χ1v) is 5.24. The van der Waals surface area contributed by atoms with Crippen LogP contribution in [0.4, 0.5) is 5.82 Å². The van der Waals surface area contributed by atoms with Crippen LogP contribution in [0, 0.1) is 6.92 Å². The molecule has 78 valence electrons. The van der Waals surface area contributed by atoms with Crippen molar-refractivity contribution in [3.05, 3.63) is 24.2 Å². The third-order valence-electron chi connectivity index (χ3n) is 2.02. The maximum absolute atomic E-state index is 5.50. The number of pyridine rings is 1. The Morgan fingerprint density at radius 1 is 1.33 bits per heavy atom. The zero-order valence-corrected chi connectivity index (χ0v) is 9.32. The van der Waals surface area contributed by atoms with Crippen molar-refractivity contribution >= 4 is 17.6 Å². The molecule has 0 saturated heterocycles. The normalized spacial score (nSPS) is 10.5. The fourth-order valence-electron chi connectivity index (χ4n) is 1.03. The number of nitrogen functional groups attached to an aromatic ring is 1. The fraction of sp³-hybridized carbons (Fsp3) is 0.222. The van der Waals surface area contributed by atoms with Crippen LogP contribution in [0.25, 0.3) is 0 Å². The van der Waals surface area contributed by atoms with Crippen LogP contribution in [0.3, 0.4) is 0 Å². The third kappa shape index (κ3) is 2.10. The van der Waals surface area contributed by atoms with Gasteiger partial charge in [-0.3, -0.25) is 0 Å². The molecular weight excluding hydrogens is 210 g/mol. The molecule has 0 atom stereocenters. The largest absolute Gasteiger partial charge is 0.384 e. The number of aryl methyl sites for hydroxylation is 1. The smallest absolute Gasteiger partial charge is 0.195 e. The van der Waals surface area contributed by atoms with E-state index in [2.05, 4.69) is 15.2 Å². The van der Waals surface area contributed by atoms with Crippen LogP contribution in [0.15, 0.2) is 28.4 Å². The van der Waals surface area contributed by atoms with Crippen molar-refractivity contribution in [2.75, 3.05) is 5.73 Å². The summed E-state index contributed by atoms with van der Waals surface area (Å²) in [7, 11) is 1.93. The quantitative estimate of drug-likeness (QED) is 0.826. The van der Waals surface area contributed by atoms with E-state index in [4.69, 9.17) is 5.73 Å². The summed E-state index contributed by atoms with van der Waals surface area (Å²) in [5, 5.41) is 8.87. The molecule has 0 aliphatic carbocycles. The Labute approximate surface area is 91.7 Å². The molecule has 0 fully saturated rings. The van der Waals surface area contributed by atoms with Crippen LogP contribution in [0.2, 0.25) is 0 Å². The van der Waals surface area contributed by atoms with Gasteiger partial charge >= 0.3 is 0 Å². The molecule has 0 aromatic carbocycles. The minimum Gasteiger partial charge on any atom is -0.384 e. The van der Waals surface area contributed by atoms with Crippen LogP contribution in [-0.2, 0) is 7.05 Å². The predicted octanol–water partition coefficient (Wildman–Crippen LogP) is 1.25. The van der Waals surface area contributed by atoms with Gasteiger partial charge in [0, 0.05) is 18.1 Å². The molecule has 2 aromatic rings. The Morgan fingerprint density at radius 3 is 2.67 bits per heavy atom. The van der Waals surface area contributed by atoms with Crippen molar-refractivity contribution in [3.8, 4) is 0 Å². The number of anilines is 1. The lowest BCUT2D eigenvalue weighted by Crippen LogP contribution is -1.93. The molecule has 2 rings (SSSR count). The number of nitrogens with two attached hydrogens (primary N) is 1. The van der Waals surface area contributed by atoms with Gasteiger partial charge in [0.2, 0.25) is 0 Å². The van der Waals surface area contributed by atoms with E-state index in [0.717, 1.165) is 15.9 Å². The van der Waals surface area contributed by atoms with Crippen molar-refractivity contribution in [3.63, 3.8) is 0 Å². The van der Waals surface area contributed by atoms with E-state index < -0.39 is 0 Å². The molecule has 5 nitrogen and oxygen atoms in total. The summed E-state index contributed by atoms with van der Waals surface area (Å²) in [4.78, 5) is 5.01. The zero-order valence-electron chi connectivity index (χ0n) is 8.51. The van der Waals surface area contributed by atoms with E-state index in [9.17, 15) is 0 Å². The van der Waals surface area contributed by atoms with E-state index >= 15 is 0 Å². The molecule has 2 heterocycles. The van der Waals surface area contributed by atoms with Gasteiger partial charge in [-0.05, 0) is 30.8 Å². The van der Waals surface area contributed by atoms with E-state index in [1.54, 1.807) is 12.3 Å². The van der Waals surface area contributed by atoms with Gasteiger partial charge in [0.05, 0.1) is 0 Å². The average molecular weight is 221 g/mol. The second kappa shape index (κ2) is 3.90. The Balaban J connectivity index is 2.22. The SMILES string of the molecule is Cc1nnc(Sc2ccc(N)nc2)n1C. The standard InChI is InChI=1S/C9H11N5S/c1-6-12-13-9(14(6)2)15-7-3-4-8(10)11-5-7/h3-5H,1-2H3,(H2,10,11). The Kier molecular flexibility index (Phi) is 2.59. The number of hydrogen-bond acceptors (Lipinski definition) is 5. The lowest BCUT2D eigenvalue weighted by Gasteiger charge is -2.00. The van der Waals surface area contributed by atoms with Gasteiger partial charge in [0.1, 0.15) is 11.6 Å². The predicted molar refractivity (Wildman–Crippen MR) is 58.5 cm³/mol. The summed E-state index contributed by atoms with van der Waals surface area (Å²) in [6.07, 6.45) is 1.73. The lowest BCUT2D eigenvalue weighted by atomic mass is 10.5. The maximum Gasteiger partial charge on any atom is 0.195 e. The van der Waals surface area contributed by atoms with Gasteiger partial charge in [-0.1, -0.05) is 0 Å². The molecule has 0 aliphatic rings. The molecule has 0 spiro atoms. The van der Waals surface area contributed by atoms with Crippen molar-refractivity contribution in [1.82, 2.24) is 19.7 Å². The van der Waals surface area contributed by atoms with Crippen LogP contribution in [-0.4, -0.2) is 19.7 Å². The number of nitrogens with zero attached hydrogens (tertiary/aromatic N) is 4. The van der Waals surface area contributed by atoms with E-state index in [1.165, 1.54) is 11.8 Å². The monoisotopic (exact) mass is 221 g/mol. The first kappa shape index (κ1) is 9.97. The van der Waals surface area contributed by atoms with E-state index in [0.29, 0.717) is 5.82 Å². The number of rotatable bonds is 2. The van der Waals surface area contributed by atoms with E-state index in [1.807, 2.05) is 24.6 Å². The molecule has 15 heavy (non-hydrogen) atoms. The van der Waals surface area contributed by atoms with Crippen LogP contribution in [0.5, 0.6) is 0 Å². The highest BCUT2D eigenvalue weighted by molar-refractivity contribution is 7.99. The Hall–Kier alpha value is -1.56. The maximum atomic E-state index is 5.50. The molecule has 6 heteroatoms. The highest BCUT2D eigenvalue weighted by atomic mass is 32.2. The van der Waals surface area contributed by atoms with Crippen molar-refractivity contribution in [2.45, 2.75) is 17.0 Å². The Bertz CT molecular complexity index is 462. The highest BCUT2D eigenvalue weighted by Gasteiger charge is 2.06. The van der Waals surface area contributed by atoms with Gasteiger partial charge < -0.3 is 10.3 Å². The summed E-state index contributed by atoms with van der Waals surface area (Å²) >= 11 is 1.52. The third-order valence-corrected chi connectivity index (χ3v) is 3.04. The Morgan fingerprint density at radius 2 is 2.13 bits per heavy atom. The summed E-state index contributed by atoms with van der Waals surface area (Å²) in [5.41, 5.74) is 5.50. The number of aromatic nitrogens is 4. The van der Waals surface area contributed by atoms with Gasteiger partial charge in [0.15, 0.2) is 5.16 Å². The summed E-state index contributed by atoms with van der Waals surface area (Å²) in [6, 6.07) is 3.68. The first-order chi connectivity index (χ1) is 7.16. The van der Waals surface area contributed by atoms with Gasteiger partial charge in [0.25, 0.3) is 0 Å². The molecule has 0 bridgehead atoms. The lowest BCUT2D eigenvalue weighted by molar-refractivity contribution is 0.765. The van der Waals surface area contributed by atoms with Crippen molar-refractivity contribution < 1.29 is 0 Å². The fourth-order valence-corrected chi connectivity index (χ4v) is 1.84. The summed E-state index contributed by atoms with van der Waals surface area (Å²) in [5.74, 6) is 1.41. The zero-order chi connectivity index (χ0) is 10.8. The van der Waals surface area contributed by atoms with Crippen LogP contribution in [0.1, 0.15) is 5.82 Å². The summed E-state index contributed by atoms with van der Waals surface area (Å²) in [6.45, 7) is 1.91. The molecule has 0 saturated carbocycles. The minimum absolute atomic E-state index is 0.522. The second-order valence-electron chi connectivity index (χ2n) is 3.11. The molecular formula is C9H11N5S. The van der Waals surface area contributed by atoms with Gasteiger partial charge in [-0.2, -0.15) is 0 Å². The molecule has 0 aliphatic heterocycles. The van der Waals surface area contributed by atoms with Gasteiger partial charge in [-0.25, -0.2) is 4.98 Å². The second-order valence-corrected chi connectivity index (χ2v) is 4.15. The topological polar surface area (TPSA) is 69.6 Å². The molecule has 0 unspecified atom stereocenters. The highest BCUT2D eigenvalue weighted by Crippen LogP contribution is 2.25. The van der Waals surface area contributed by atoms with Crippen LogP contribution >= 0.6 is 11.8 Å². The molecule has 0 radical (unpaired) electrons. The molecule has 2 aromatic heterocycles. The van der Waals surface area contributed by atoms with Crippen LogP contribution < -0.4 is 5.73 Å². The number of hydrogen-bond donors (Lipinski definition) is 1. The van der Waals surface area contributed by atoms with Crippen molar-refractivity contribution in [2.24, 2.45) is 7.05 Å². The first-order valence-electron chi connectivity index (χ1n) is 4.42. The summed E-state index contributed by atoms with van der Waals surface area (Å²) < 4.78 is 1.93.